The van der Waals surface area contributed by atoms with Crippen LogP contribution in [-0.2, 0) is 26.3 Å². The van der Waals surface area contributed by atoms with Crippen molar-refractivity contribution >= 4 is 27.7 Å². The summed E-state index contributed by atoms with van der Waals surface area (Å²) in [5.41, 5.74) is 2.00. The third-order valence-corrected chi connectivity index (χ3v) is 8.48. The van der Waals surface area contributed by atoms with Gasteiger partial charge in [0.2, 0.25) is 11.8 Å². The van der Waals surface area contributed by atoms with Gasteiger partial charge in [-0.2, -0.15) is 12.7 Å². The van der Waals surface area contributed by atoms with Crippen LogP contribution in [0.25, 0.3) is 0 Å². The van der Waals surface area contributed by atoms with E-state index in [-0.39, 0.29) is 24.2 Å². The Labute approximate surface area is 219 Å². The highest BCUT2D eigenvalue weighted by molar-refractivity contribution is 7.90. The molecule has 10 heteroatoms. The van der Waals surface area contributed by atoms with Crippen LogP contribution in [0.15, 0.2) is 48.5 Å². The maximum atomic E-state index is 13.8. The molecule has 0 heterocycles. The van der Waals surface area contributed by atoms with Gasteiger partial charge in [0.25, 0.3) is 0 Å². The van der Waals surface area contributed by atoms with Crippen molar-refractivity contribution in [2.75, 3.05) is 24.9 Å². The number of halogens is 1. The first kappa shape index (κ1) is 28.6. The molecule has 0 aliphatic heterocycles. The van der Waals surface area contributed by atoms with Crippen LogP contribution in [0.4, 0.5) is 10.1 Å². The first-order valence-electron chi connectivity index (χ1n) is 12.6. The molecule has 1 aliphatic rings. The van der Waals surface area contributed by atoms with Crippen LogP contribution in [-0.4, -0.2) is 62.2 Å². The number of carbonyl (C=O) groups excluding carboxylic acids is 2. The summed E-state index contributed by atoms with van der Waals surface area (Å²) in [6.07, 6.45) is 4.30. The van der Waals surface area contributed by atoms with Crippen LogP contribution in [0.5, 0.6) is 0 Å². The summed E-state index contributed by atoms with van der Waals surface area (Å²) in [5.74, 6) is -1.28. The van der Waals surface area contributed by atoms with Gasteiger partial charge in [-0.3, -0.25) is 9.59 Å². The van der Waals surface area contributed by atoms with Gasteiger partial charge in [-0.25, -0.2) is 8.70 Å². The summed E-state index contributed by atoms with van der Waals surface area (Å²) in [5, 5.41) is 3.09. The molecule has 1 aliphatic carbocycles. The molecule has 37 heavy (non-hydrogen) atoms. The van der Waals surface area contributed by atoms with Gasteiger partial charge in [0.1, 0.15) is 18.4 Å². The average molecular weight is 533 g/mol. The molecule has 0 saturated heterocycles. The zero-order chi connectivity index (χ0) is 27.2. The average Bonchev–Trinajstić information content (AvgIpc) is 3.35. The summed E-state index contributed by atoms with van der Waals surface area (Å²) in [4.78, 5) is 28.6. The Bertz CT molecular complexity index is 1180. The van der Waals surface area contributed by atoms with Gasteiger partial charge in [0, 0.05) is 26.7 Å². The number of rotatable bonds is 11. The quantitative estimate of drug-likeness (QED) is 0.479. The van der Waals surface area contributed by atoms with Gasteiger partial charge >= 0.3 is 10.2 Å². The highest BCUT2D eigenvalue weighted by Gasteiger charge is 2.34. The molecular formula is C27H37FN4O4S. The molecule has 2 amide bonds. The monoisotopic (exact) mass is 532 g/mol. The summed E-state index contributed by atoms with van der Waals surface area (Å²) in [7, 11) is -1.36. The number of aryl methyl sites for hydroxylation is 1. The first-order chi connectivity index (χ1) is 17.5. The molecule has 1 fully saturated rings. The Kier molecular flexibility index (Phi) is 9.67. The standard InChI is InChI=1S/C27H37FN4O4S/c1-5-25(27(34)29-23-11-6-7-12-23)31(18-21-10-8-9-20(2)17-21)26(33)19-32(37(35,36)30(3)4)24-15-13-22(28)14-16-24/h8-10,13-17,23,25H,5-7,11-12,18-19H2,1-4H3,(H,29,34). The number of hydrogen-bond acceptors (Lipinski definition) is 4. The van der Waals surface area contributed by atoms with E-state index in [1.54, 1.807) is 0 Å². The van der Waals surface area contributed by atoms with Crippen LogP contribution >= 0.6 is 0 Å². The Morgan fingerprint density at radius 3 is 2.30 bits per heavy atom. The number of amides is 2. The van der Waals surface area contributed by atoms with E-state index in [0.717, 1.165) is 57.6 Å². The van der Waals surface area contributed by atoms with Gasteiger partial charge in [-0.05, 0) is 56.0 Å². The summed E-state index contributed by atoms with van der Waals surface area (Å²) < 4.78 is 41.9. The number of nitrogens with one attached hydrogen (secondary N) is 1. The molecule has 3 rings (SSSR count). The minimum atomic E-state index is -4.09. The van der Waals surface area contributed by atoms with E-state index in [4.69, 9.17) is 0 Å². The smallest absolute Gasteiger partial charge is 0.304 e. The molecular weight excluding hydrogens is 495 g/mol. The first-order valence-corrected chi connectivity index (χ1v) is 14.0. The molecule has 8 nitrogen and oxygen atoms in total. The van der Waals surface area contributed by atoms with Gasteiger partial charge in [-0.1, -0.05) is 49.6 Å². The molecule has 1 unspecified atom stereocenters. The zero-order valence-corrected chi connectivity index (χ0v) is 22.8. The van der Waals surface area contributed by atoms with Crippen molar-refractivity contribution in [3.8, 4) is 0 Å². The molecule has 0 radical (unpaired) electrons. The Hall–Kier alpha value is -2.98. The molecule has 202 valence electrons. The lowest BCUT2D eigenvalue weighted by molar-refractivity contribution is -0.140. The van der Waals surface area contributed by atoms with Crippen LogP contribution in [0.3, 0.4) is 0 Å². The van der Waals surface area contributed by atoms with Crippen molar-refractivity contribution in [1.82, 2.24) is 14.5 Å². The Morgan fingerprint density at radius 2 is 1.73 bits per heavy atom. The Balaban J connectivity index is 1.96. The second-order valence-electron chi connectivity index (χ2n) is 9.70. The van der Waals surface area contributed by atoms with E-state index >= 15 is 0 Å². The van der Waals surface area contributed by atoms with E-state index in [2.05, 4.69) is 5.32 Å². The number of hydrogen-bond donors (Lipinski definition) is 1. The number of nitrogens with zero attached hydrogens (tertiary/aromatic N) is 3. The summed E-state index contributed by atoms with van der Waals surface area (Å²) in [6.45, 7) is 3.39. The predicted molar refractivity (Wildman–Crippen MR) is 143 cm³/mol. The predicted octanol–water partition coefficient (Wildman–Crippen LogP) is 3.61. The van der Waals surface area contributed by atoms with Crippen LogP contribution < -0.4 is 9.62 Å². The fraction of sp³-hybridized carbons (Fsp3) is 0.481. The number of carbonyl (C=O) groups is 2. The maximum absolute atomic E-state index is 13.8. The third-order valence-electron chi connectivity index (χ3n) is 6.66. The number of anilines is 1. The molecule has 1 atom stereocenters. The van der Waals surface area contributed by atoms with Crippen LogP contribution in [0, 0.1) is 12.7 Å². The zero-order valence-electron chi connectivity index (χ0n) is 22.0. The fourth-order valence-corrected chi connectivity index (χ4v) is 5.67. The lowest BCUT2D eigenvalue weighted by atomic mass is 10.1. The fourth-order valence-electron chi connectivity index (χ4n) is 4.62. The van der Waals surface area contributed by atoms with Crippen molar-refractivity contribution in [3.63, 3.8) is 0 Å². The normalized spacial score (nSPS) is 15.0. The molecule has 2 aromatic carbocycles. The van der Waals surface area contributed by atoms with Gasteiger partial charge in [0.15, 0.2) is 0 Å². The lowest BCUT2D eigenvalue weighted by Crippen LogP contribution is -2.54. The van der Waals surface area contributed by atoms with Crippen molar-refractivity contribution in [3.05, 3.63) is 65.5 Å². The second kappa shape index (κ2) is 12.5. The van der Waals surface area contributed by atoms with E-state index in [1.807, 2.05) is 38.1 Å². The number of benzene rings is 2. The Morgan fingerprint density at radius 1 is 1.08 bits per heavy atom. The van der Waals surface area contributed by atoms with E-state index in [0.29, 0.717) is 6.42 Å². The third kappa shape index (κ3) is 7.29. The topological polar surface area (TPSA) is 90.0 Å². The molecule has 1 saturated carbocycles. The molecule has 0 spiro atoms. The minimum Gasteiger partial charge on any atom is -0.352 e. The highest BCUT2D eigenvalue weighted by Crippen LogP contribution is 2.23. The summed E-state index contributed by atoms with van der Waals surface area (Å²) >= 11 is 0. The maximum Gasteiger partial charge on any atom is 0.304 e. The largest absolute Gasteiger partial charge is 0.352 e. The SMILES string of the molecule is CCC(C(=O)NC1CCCC1)N(Cc1cccc(C)c1)C(=O)CN(c1ccc(F)cc1)S(=O)(=O)N(C)C. The van der Waals surface area contributed by atoms with E-state index < -0.39 is 34.5 Å². The van der Waals surface area contributed by atoms with E-state index in [9.17, 15) is 22.4 Å². The van der Waals surface area contributed by atoms with Gasteiger partial charge in [-0.15, -0.1) is 0 Å². The molecule has 1 N–H and O–H groups in total. The highest BCUT2D eigenvalue weighted by atomic mass is 32.2. The van der Waals surface area contributed by atoms with Crippen LogP contribution in [0.2, 0.25) is 0 Å². The van der Waals surface area contributed by atoms with Crippen molar-refractivity contribution in [2.45, 2.75) is 64.6 Å². The van der Waals surface area contributed by atoms with Crippen molar-refractivity contribution in [1.29, 1.82) is 0 Å². The van der Waals surface area contributed by atoms with Crippen molar-refractivity contribution in [2.24, 2.45) is 0 Å². The van der Waals surface area contributed by atoms with Gasteiger partial charge < -0.3 is 10.2 Å². The van der Waals surface area contributed by atoms with Crippen LogP contribution in [0.1, 0.15) is 50.2 Å². The molecule has 2 aromatic rings. The second-order valence-corrected chi connectivity index (χ2v) is 11.8. The van der Waals surface area contributed by atoms with Crippen molar-refractivity contribution < 1.29 is 22.4 Å². The molecule has 0 bridgehead atoms. The minimum absolute atomic E-state index is 0.0855. The lowest BCUT2D eigenvalue weighted by Gasteiger charge is -2.34. The van der Waals surface area contributed by atoms with E-state index in [1.165, 1.54) is 31.1 Å². The summed E-state index contributed by atoms with van der Waals surface area (Å²) in [6, 6.07) is 11.9. The molecule has 0 aromatic heterocycles. The van der Waals surface area contributed by atoms with Gasteiger partial charge in [0.05, 0.1) is 5.69 Å².